The maximum Gasteiger partial charge on any atom is 0.107 e. The first-order valence-electron chi connectivity index (χ1n) is 8.53. The molecule has 0 radical (unpaired) electrons. The molecular weight excluding hydrogens is 306 g/mol. The number of thiophene rings is 1. The van der Waals surface area contributed by atoms with Gasteiger partial charge in [0.1, 0.15) is 5.69 Å². The zero-order valence-corrected chi connectivity index (χ0v) is 14.6. The number of likely N-dealkylation sites (tertiary alicyclic amines) is 1. The summed E-state index contributed by atoms with van der Waals surface area (Å²) in [7, 11) is 2.02. The molecule has 4 rings (SSSR count). The van der Waals surface area contributed by atoms with Gasteiger partial charge in [0, 0.05) is 70.7 Å². The van der Waals surface area contributed by atoms with Crippen LogP contribution in [-0.2, 0) is 13.6 Å². The van der Waals surface area contributed by atoms with Crippen molar-refractivity contribution in [3.63, 3.8) is 0 Å². The van der Waals surface area contributed by atoms with Crippen LogP contribution < -0.4 is 5.32 Å². The highest BCUT2D eigenvalue weighted by Crippen LogP contribution is 2.28. The lowest BCUT2D eigenvalue weighted by Gasteiger charge is -2.32. The lowest BCUT2D eigenvalue weighted by Crippen LogP contribution is -2.49. The van der Waals surface area contributed by atoms with Crippen LogP contribution in [0.3, 0.4) is 0 Å². The van der Waals surface area contributed by atoms with Crippen LogP contribution in [0.15, 0.2) is 23.7 Å². The molecule has 2 aliphatic rings. The molecule has 2 aromatic rings. The number of nitrogens with one attached hydrogen (secondary N) is 1. The lowest BCUT2D eigenvalue weighted by molar-refractivity contribution is 0.170. The van der Waals surface area contributed by atoms with Gasteiger partial charge in [0.15, 0.2) is 0 Å². The number of hydrogen-bond acceptors (Lipinski definition) is 5. The first-order valence-corrected chi connectivity index (χ1v) is 9.41. The zero-order chi connectivity index (χ0) is 15.6. The minimum Gasteiger partial charge on any atom is -0.314 e. The number of rotatable bonds is 4. The third kappa shape index (κ3) is 3.35. The van der Waals surface area contributed by atoms with E-state index in [2.05, 4.69) is 43.9 Å². The Morgan fingerprint density at radius 2 is 2.17 bits per heavy atom. The van der Waals surface area contributed by atoms with E-state index >= 15 is 0 Å². The molecule has 6 heteroatoms. The maximum absolute atomic E-state index is 4.69. The third-order valence-electron chi connectivity index (χ3n) is 4.97. The Balaban J connectivity index is 1.43. The second kappa shape index (κ2) is 6.73. The maximum atomic E-state index is 4.69. The third-order valence-corrected chi connectivity index (χ3v) is 5.85. The molecule has 124 valence electrons. The fourth-order valence-electron chi connectivity index (χ4n) is 3.82. The van der Waals surface area contributed by atoms with Gasteiger partial charge in [-0.25, -0.2) is 0 Å². The summed E-state index contributed by atoms with van der Waals surface area (Å²) in [6.07, 6.45) is 3.49. The molecule has 2 aliphatic heterocycles. The Labute approximate surface area is 141 Å². The standard InChI is InChI=1S/C17H25N5S/c1-20-11-14(17(19-20)16-3-2-10-23-16)12-21-7-4-15(13-21)22-8-5-18-6-9-22/h2-3,10-11,15,18H,4-9,12-13H2,1H3. The first kappa shape index (κ1) is 15.3. The van der Waals surface area contributed by atoms with Gasteiger partial charge in [-0.3, -0.25) is 14.5 Å². The minimum absolute atomic E-state index is 0.735. The Hall–Kier alpha value is -1.21. The molecule has 0 bridgehead atoms. The zero-order valence-electron chi connectivity index (χ0n) is 13.7. The molecule has 1 atom stereocenters. The van der Waals surface area contributed by atoms with Crippen molar-refractivity contribution < 1.29 is 0 Å². The summed E-state index contributed by atoms with van der Waals surface area (Å²) < 4.78 is 1.95. The van der Waals surface area contributed by atoms with Crippen LogP contribution >= 0.6 is 11.3 Å². The van der Waals surface area contributed by atoms with E-state index in [1.54, 1.807) is 11.3 Å². The van der Waals surface area contributed by atoms with Crippen molar-refractivity contribution >= 4 is 11.3 Å². The number of aromatic nitrogens is 2. The highest BCUT2D eigenvalue weighted by molar-refractivity contribution is 7.13. The van der Waals surface area contributed by atoms with Crippen molar-refractivity contribution in [2.24, 2.45) is 7.05 Å². The van der Waals surface area contributed by atoms with E-state index in [1.807, 2.05) is 11.7 Å². The SMILES string of the molecule is Cn1cc(CN2CCC(N3CCNCC3)C2)c(-c2cccs2)n1. The predicted molar refractivity (Wildman–Crippen MR) is 94.6 cm³/mol. The van der Waals surface area contributed by atoms with Crippen molar-refractivity contribution in [3.8, 4) is 10.6 Å². The largest absolute Gasteiger partial charge is 0.314 e. The van der Waals surface area contributed by atoms with E-state index in [0.29, 0.717) is 0 Å². The van der Waals surface area contributed by atoms with Crippen molar-refractivity contribution in [1.29, 1.82) is 0 Å². The Bertz CT molecular complexity index is 629. The van der Waals surface area contributed by atoms with Crippen LogP contribution in [0, 0.1) is 0 Å². The molecule has 1 unspecified atom stereocenters. The van der Waals surface area contributed by atoms with Crippen molar-refractivity contribution in [1.82, 2.24) is 24.9 Å². The molecule has 4 heterocycles. The van der Waals surface area contributed by atoms with Crippen LogP contribution in [0.25, 0.3) is 10.6 Å². The quantitative estimate of drug-likeness (QED) is 0.924. The molecule has 0 aromatic carbocycles. The lowest BCUT2D eigenvalue weighted by atomic mass is 10.2. The first-order chi connectivity index (χ1) is 11.3. The second-order valence-electron chi connectivity index (χ2n) is 6.62. The Morgan fingerprint density at radius 1 is 1.30 bits per heavy atom. The van der Waals surface area contributed by atoms with Gasteiger partial charge >= 0.3 is 0 Å². The summed E-state index contributed by atoms with van der Waals surface area (Å²) in [5, 5.41) is 10.3. The second-order valence-corrected chi connectivity index (χ2v) is 7.57. The summed E-state index contributed by atoms with van der Waals surface area (Å²) in [6.45, 7) is 8.09. The van der Waals surface area contributed by atoms with Crippen molar-refractivity contribution in [3.05, 3.63) is 29.3 Å². The Kier molecular flexibility index (Phi) is 4.48. The van der Waals surface area contributed by atoms with E-state index in [1.165, 1.54) is 43.0 Å². The van der Waals surface area contributed by atoms with Gasteiger partial charge < -0.3 is 5.32 Å². The highest BCUT2D eigenvalue weighted by Gasteiger charge is 2.29. The fourth-order valence-corrected chi connectivity index (χ4v) is 4.56. The summed E-state index contributed by atoms with van der Waals surface area (Å²) in [6, 6.07) is 5.01. The van der Waals surface area contributed by atoms with Gasteiger partial charge in [0.05, 0.1) is 4.88 Å². The molecule has 2 aromatic heterocycles. The number of aryl methyl sites for hydroxylation is 1. The summed E-state index contributed by atoms with van der Waals surface area (Å²) in [5.74, 6) is 0. The average molecular weight is 331 g/mol. The minimum atomic E-state index is 0.735. The number of piperazine rings is 1. The van der Waals surface area contributed by atoms with Gasteiger partial charge in [-0.1, -0.05) is 6.07 Å². The van der Waals surface area contributed by atoms with Gasteiger partial charge in [-0.2, -0.15) is 5.10 Å². The Morgan fingerprint density at radius 3 is 2.96 bits per heavy atom. The number of nitrogens with zero attached hydrogens (tertiary/aromatic N) is 4. The van der Waals surface area contributed by atoms with Gasteiger partial charge in [0.25, 0.3) is 0 Å². The van der Waals surface area contributed by atoms with Gasteiger partial charge in [-0.15, -0.1) is 11.3 Å². The van der Waals surface area contributed by atoms with E-state index in [0.717, 1.165) is 31.4 Å². The monoisotopic (exact) mass is 331 g/mol. The van der Waals surface area contributed by atoms with Gasteiger partial charge in [0.2, 0.25) is 0 Å². The van der Waals surface area contributed by atoms with Crippen molar-refractivity contribution in [2.45, 2.75) is 19.0 Å². The molecule has 1 N–H and O–H groups in total. The summed E-state index contributed by atoms with van der Waals surface area (Å²) in [5.41, 5.74) is 2.52. The topological polar surface area (TPSA) is 36.3 Å². The molecule has 5 nitrogen and oxygen atoms in total. The van der Waals surface area contributed by atoms with E-state index in [4.69, 9.17) is 0 Å². The number of hydrogen-bond donors (Lipinski definition) is 1. The van der Waals surface area contributed by atoms with Crippen LogP contribution in [0.1, 0.15) is 12.0 Å². The molecule has 0 aliphatic carbocycles. The smallest absolute Gasteiger partial charge is 0.107 e. The van der Waals surface area contributed by atoms with E-state index < -0.39 is 0 Å². The molecule has 23 heavy (non-hydrogen) atoms. The molecule has 0 saturated carbocycles. The fraction of sp³-hybridized carbons (Fsp3) is 0.588. The highest BCUT2D eigenvalue weighted by atomic mass is 32.1. The van der Waals surface area contributed by atoms with Crippen LogP contribution in [0.4, 0.5) is 0 Å². The van der Waals surface area contributed by atoms with E-state index in [9.17, 15) is 0 Å². The molecular formula is C17H25N5S. The summed E-state index contributed by atoms with van der Waals surface area (Å²) in [4.78, 5) is 6.54. The van der Waals surface area contributed by atoms with E-state index in [-0.39, 0.29) is 0 Å². The van der Waals surface area contributed by atoms with Gasteiger partial charge in [-0.05, 0) is 17.9 Å². The van der Waals surface area contributed by atoms with Crippen molar-refractivity contribution in [2.75, 3.05) is 39.3 Å². The molecule has 2 saturated heterocycles. The van der Waals surface area contributed by atoms with Crippen LogP contribution in [-0.4, -0.2) is 64.9 Å². The average Bonchev–Trinajstić information content (AvgIpc) is 3.29. The van der Waals surface area contributed by atoms with Crippen LogP contribution in [0.5, 0.6) is 0 Å². The van der Waals surface area contributed by atoms with Crippen LogP contribution in [0.2, 0.25) is 0 Å². The molecule has 2 fully saturated rings. The molecule has 0 amide bonds. The predicted octanol–water partition coefficient (Wildman–Crippen LogP) is 1.63. The normalized spacial score (nSPS) is 23.6. The summed E-state index contributed by atoms with van der Waals surface area (Å²) >= 11 is 1.78. The molecule has 0 spiro atoms.